The Hall–Kier alpha value is -2.65. The third kappa shape index (κ3) is 4.40. The molecule has 3 atom stereocenters. The second kappa shape index (κ2) is 9.43. The van der Waals surface area contributed by atoms with Crippen molar-refractivity contribution >= 4 is 34.8 Å². The number of piperidine rings is 1. The molecule has 3 aromatic rings. The summed E-state index contributed by atoms with van der Waals surface area (Å²) >= 11 is 6.55. The van der Waals surface area contributed by atoms with Gasteiger partial charge in [0, 0.05) is 54.6 Å². The molecule has 184 valence electrons. The van der Waals surface area contributed by atoms with E-state index in [-0.39, 0.29) is 0 Å². The van der Waals surface area contributed by atoms with E-state index in [1.54, 1.807) is 19.5 Å². The summed E-state index contributed by atoms with van der Waals surface area (Å²) in [5.74, 6) is 0.728. The maximum atomic E-state index is 11.3. The summed E-state index contributed by atoms with van der Waals surface area (Å²) in [6.07, 6.45) is 11.4. The second-order valence-corrected chi connectivity index (χ2v) is 10.2. The fourth-order valence-corrected chi connectivity index (χ4v) is 6.25. The van der Waals surface area contributed by atoms with Crippen LogP contribution in [0, 0.1) is 0 Å². The van der Waals surface area contributed by atoms with E-state index in [1.165, 1.54) is 12.8 Å². The van der Waals surface area contributed by atoms with Gasteiger partial charge in [-0.15, -0.1) is 0 Å². The van der Waals surface area contributed by atoms with Crippen molar-refractivity contribution in [1.29, 1.82) is 0 Å². The van der Waals surface area contributed by atoms with Crippen molar-refractivity contribution in [1.82, 2.24) is 25.3 Å². The van der Waals surface area contributed by atoms with Crippen molar-refractivity contribution in [2.45, 2.75) is 49.9 Å². The first-order chi connectivity index (χ1) is 17.1. The number of ether oxygens (including phenoxy) is 1. The monoisotopic (exact) mass is 495 g/mol. The van der Waals surface area contributed by atoms with Crippen LogP contribution < -0.4 is 20.7 Å². The van der Waals surface area contributed by atoms with Crippen LogP contribution in [-0.2, 0) is 0 Å². The van der Waals surface area contributed by atoms with Gasteiger partial charge in [-0.2, -0.15) is 0 Å². The molecular formula is C26H30ClN5O3. The lowest BCUT2D eigenvalue weighted by molar-refractivity contribution is 0.0512. The fourth-order valence-electron chi connectivity index (χ4n) is 5.98. The van der Waals surface area contributed by atoms with Gasteiger partial charge in [-0.25, -0.2) is 0 Å². The SMILES string of the molecule is COc1ccc2ncc(Cl)c(C(O)CN3C4CCC3CC(NCN3C=c5cnoc5=CC3)C4)c2c1. The molecule has 2 aromatic heterocycles. The summed E-state index contributed by atoms with van der Waals surface area (Å²) in [5, 5.41) is 21.3. The van der Waals surface area contributed by atoms with Crippen LogP contribution in [0.5, 0.6) is 5.75 Å². The number of fused-ring (bicyclic) bond motifs is 4. The summed E-state index contributed by atoms with van der Waals surface area (Å²) in [6, 6.07) is 7.08. The summed E-state index contributed by atoms with van der Waals surface area (Å²) in [7, 11) is 1.64. The quantitative estimate of drug-likeness (QED) is 0.514. The van der Waals surface area contributed by atoms with E-state index in [1.807, 2.05) is 18.2 Å². The predicted molar refractivity (Wildman–Crippen MR) is 134 cm³/mol. The molecule has 2 fully saturated rings. The first kappa shape index (κ1) is 22.8. The van der Waals surface area contributed by atoms with Gasteiger partial charge in [0.2, 0.25) is 0 Å². The topological polar surface area (TPSA) is 86.9 Å². The van der Waals surface area contributed by atoms with Crippen molar-refractivity contribution in [3.05, 3.63) is 51.8 Å². The van der Waals surface area contributed by atoms with Crippen molar-refractivity contribution in [3.63, 3.8) is 0 Å². The van der Waals surface area contributed by atoms with Crippen LogP contribution >= 0.6 is 11.6 Å². The van der Waals surface area contributed by atoms with Gasteiger partial charge in [0.15, 0.2) is 5.42 Å². The lowest BCUT2D eigenvalue weighted by Crippen LogP contribution is -2.52. The van der Waals surface area contributed by atoms with Crippen molar-refractivity contribution in [2.75, 3.05) is 26.9 Å². The first-order valence-corrected chi connectivity index (χ1v) is 12.6. The Morgan fingerprint density at radius 1 is 1.26 bits per heavy atom. The average Bonchev–Trinajstić information content (AvgIpc) is 3.42. The van der Waals surface area contributed by atoms with Gasteiger partial charge >= 0.3 is 0 Å². The minimum atomic E-state index is -0.691. The van der Waals surface area contributed by atoms with Gasteiger partial charge in [-0.05, 0) is 50.0 Å². The average molecular weight is 496 g/mol. The second-order valence-electron chi connectivity index (χ2n) is 9.78. The molecule has 0 spiro atoms. The van der Waals surface area contributed by atoms with Crippen LogP contribution in [0.3, 0.4) is 0 Å². The highest BCUT2D eigenvalue weighted by molar-refractivity contribution is 6.32. The van der Waals surface area contributed by atoms with Crippen molar-refractivity contribution in [3.8, 4) is 5.75 Å². The number of methoxy groups -OCH3 is 1. The predicted octanol–water partition coefficient (Wildman–Crippen LogP) is 1.99. The highest BCUT2D eigenvalue weighted by Gasteiger charge is 2.41. The van der Waals surface area contributed by atoms with Gasteiger partial charge in [-0.1, -0.05) is 16.8 Å². The number of rotatable bonds is 7. The smallest absolute Gasteiger partial charge is 0.166 e. The van der Waals surface area contributed by atoms with Gasteiger partial charge in [0.25, 0.3) is 0 Å². The summed E-state index contributed by atoms with van der Waals surface area (Å²) < 4.78 is 10.6. The van der Waals surface area contributed by atoms with Gasteiger partial charge in [0.1, 0.15) is 5.75 Å². The van der Waals surface area contributed by atoms with E-state index in [2.05, 4.69) is 37.5 Å². The molecule has 3 unspecified atom stereocenters. The Labute approximate surface area is 208 Å². The Balaban J connectivity index is 1.12. The third-order valence-corrected chi connectivity index (χ3v) is 8.01. The highest BCUT2D eigenvalue weighted by atomic mass is 35.5. The van der Waals surface area contributed by atoms with Gasteiger partial charge in [-0.3, -0.25) is 15.2 Å². The molecule has 0 saturated carbocycles. The number of benzene rings is 1. The number of halogens is 1. The Bertz CT molecular complexity index is 1330. The van der Waals surface area contributed by atoms with Crippen LogP contribution in [-0.4, -0.2) is 70.0 Å². The molecule has 3 aliphatic heterocycles. The molecule has 6 rings (SSSR count). The number of aliphatic hydroxyl groups is 1. The lowest BCUT2D eigenvalue weighted by Gasteiger charge is -2.41. The van der Waals surface area contributed by atoms with Crippen LogP contribution in [0.1, 0.15) is 37.4 Å². The van der Waals surface area contributed by atoms with E-state index < -0.39 is 6.10 Å². The van der Waals surface area contributed by atoms with E-state index in [0.717, 1.165) is 58.9 Å². The van der Waals surface area contributed by atoms with Crippen LogP contribution in [0.15, 0.2) is 35.1 Å². The number of nitrogens with zero attached hydrogens (tertiary/aromatic N) is 4. The van der Waals surface area contributed by atoms with E-state index >= 15 is 0 Å². The number of aliphatic hydroxyl groups excluding tert-OH is 1. The zero-order chi connectivity index (χ0) is 23.9. The van der Waals surface area contributed by atoms with E-state index in [4.69, 9.17) is 20.9 Å². The highest BCUT2D eigenvalue weighted by Crippen LogP contribution is 2.39. The molecule has 0 radical (unpaired) electrons. The first-order valence-electron chi connectivity index (χ1n) is 12.2. The maximum absolute atomic E-state index is 11.3. The Kier molecular flexibility index (Phi) is 6.14. The Morgan fingerprint density at radius 2 is 2.09 bits per heavy atom. The largest absolute Gasteiger partial charge is 0.497 e. The van der Waals surface area contributed by atoms with Crippen molar-refractivity contribution in [2.24, 2.45) is 0 Å². The molecule has 2 N–H and O–H groups in total. The van der Waals surface area contributed by atoms with Crippen LogP contribution in [0.25, 0.3) is 23.2 Å². The number of hydrogen-bond donors (Lipinski definition) is 2. The zero-order valence-electron chi connectivity index (χ0n) is 19.7. The maximum Gasteiger partial charge on any atom is 0.166 e. The molecule has 0 amide bonds. The van der Waals surface area contributed by atoms with Crippen molar-refractivity contribution < 1.29 is 14.4 Å². The van der Waals surface area contributed by atoms with Crippen LogP contribution in [0.2, 0.25) is 5.02 Å². The molecular weight excluding hydrogens is 466 g/mol. The summed E-state index contributed by atoms with van der Waals surface area (Å²) in [5.41, 5.74) is 2.40. The minimum absolute atomic E-state index is 0.462. The molecule has 8 nitrogen and oxygen atoms in total. The summed E-state index contributed by atoms with van der Waals surface area (Å²) in [6.45, 7) is 2.19. The molecule has 5 heterocycles. The molecule has 35 heavy (non-hydrogen) atoms. The normalized spacial score (nSPS) is 24.7. The van der Waals surface area contributed by atoms with E-state index in [0.29, 0.717) is 29.7 Å². The number of nitrogens with one attached hydrogen (secondary N) is 1. The van der Waals surface area contributed by atoms with Gasteiger partial charge in [0.05, 0.1) is 41.8 Å². The molecule has 2 bridgehead atoms. The number of pyridine rings is 1. The third-order valence-electron chi connectivity index (χ3n) is 7.71. The molecule has 1 aromatic carbocycles. The molecule has 9 heteroatoms. The number of aromatic nitrogens is 2. The summed E-state index contributed by atoms with van der Waals surface area (Å²) in [4.78, 5) is 9.18. The standard InChI is InChI=1S/C26H30ClN5O3/c1-34-20-4-5-23-21(10-20)26(22(27)12-28-23)24(33)14-32-18-2-3-19(32)9-17(8-18)29-15-31-7-6-25-16(13-31)11-30-35-25/h4-6,10-13,17-19,24,29,33H,2-3,7-9,14-15H2,1H3. The number of hydrogen-bond acceptors (Lipinski definition) is 8. The minimum Gasteiger partial charge on any atom is -0.497 e. The Morgan fingerprint density at radius 3 is 2.89 bits per heavy atom. The lowest BCUT2D eigenvalue weighted by atomic mass is 9.95. The fraction of sp³-hybridized carbons (Fsp3) is 0.462. The van der Waals surface area contributed by atoms with Crippen LogP contribution in [0.4, 0.5) is 0 Å². The van der Waals surface area contributed by atoms with E-state index in [9.17, 15) is 5.11 Å². The molecule has 2 saturated heterocycles. The molecule has 0 aliphatic carbocycles. The van der Waals surface area contributed by atoms with Gasteiger partial charge < -0.3 is 19.3 Å². The molecule has 3 aliphatic rings. The zero-order valence-corrected chi connectivity index (χ0v) is 20.5.